The third kappa shape index (κ3) is 3.37. The van der Waals surface area contributed by atoms with Crippen molar-refractivity contribution in [1.29, 1.82) is 0 Å². The third-order valence-corrected chi connectivity index (χ3v) is 3.51. The smallest absolute Gasteiger partial charge is 0.256 e. The van der Waals surface area contributed by atoms with Crippen molar-refractivity contribution < 1.29 is 18.1 Å². The number of halogens is 2. The SMILES string of the molecule is Cc1cc(C)c(-c2noc(C)n2)c(NC(=O)c2ccc(F)c(F)c2)n1. The Bertz CT molecular complexity index is 969. The van der Waals surface area contributed by atoms with Gasteiger partial charge in [0, 0.05) is 18.2 Å². The third-order valence-electron chi connectivity index (χ3n) is 3.51. The van der Waals surface area contributed by atoms with Gasteiger partial charge < -0.3 is 9.84 Å². The minimum Gasteiger partial charge on any atom is -0.339 e. The van der Waals surface area contributed by atoms with E-state index >= 15 is 0 Å². The zero-order chi connectivity index (χ0) is 18.1. The van der Waals surface area contributed by atoms with Gasteiger partial charge in [-0.15, -0.1) is 0 Å². The lowest BCUT2D eigenvalue weighted by Crippen LogP contribution is -2.15. The van der Waals surface area contributed by atoms with Crippen LogP contribution in [0.5, 0.6) is 0 Å². The van der Waals surface area contributed by atoms with Gasteiger partial charge in [0.25, 0.3) is 5.91 Å². The summed E-state index contributed by atoms with van der Waals surface area (Å²) in [6, 6.07) is 4.72. The fourth-order valence-electron chi connectivity index (χ4n) is 2.43. The Morgan fingerprint density at radius 2 is 1.84 bits per heavy atom. The average molecular weight is 344 g/mol. The quantitative estimate of drug-likeness (QED) is 0.785. The lowest BCUT2D eigenvalue weighted by molar-refractivity contribution is 0.102. The monoisotopic (exact) mass is 344 g/mol. The first-order chi connectivity index (χ1) is 11.8. The largest absolute Gasteiger partial charge is 0.339 e. The highest BCUT2D eigenvalue weighted by atomic mass is 19.2. The molecular weight excluding hydrogens is 330 g/mol. The number of carbonyl (C=O) groups excluding carboxylic acids is 1. The van der Waals surface area contributed by atoms with Gasteiger partial charge in [0.2, 0.25) is 11.7 Å². The number of nitrogens with one attached hydrogen (secondary N) is 1. The molecule has 0 radical (unpaired) electrons. The first-order valence-electron chi connectivity index (χ1n) is 7.40. The average Bonchev–Trinajstić information content (AvgIpc) is 2.95. The van der Waals surface area contributed by atoms with E-state index in [4.69, 9.17) is 4.52 Å². The Balaban J connectivity index is 2.01. The van der Waals surface area contributed by atoms with Crippen molar-refractivity contribution in [2.45, 2.75) is 20.8 Å². The molecule has 1 amide bonds. The zero-order valence-electron chi connectivity index (χ0n) is 13.7. The van der Waals surface area contributed by atoms with E-state index in [2.05, 4.69) is 20.4 Å². The molecule has 3 rings (SSSR count). The van der Waals surface area contributed by atoms with Crippen molar-refractivity contribution in [1.82, 2.24) is 15.1 Å². The van der Waals surface area contributed by atoms with Crippen LogP contribution >= 0.6 is 0 Å². The summed E-state index contributed by atoms with van der Waals surface area (Å²) in [5.74, 6) is -1.89. The van der Waals surface area contributed by atoms with Crippen LogP contribution in [-0.4, -0.2) is 21.0 Å². The van der Waals surface area contributed by atoms with Gasteiger partial charge in [0.15, 0.2) is 11.6 Å². The highest BCUT2D eigenvalue weighted by molar-refractivity contribution is 6.05. The van der Waals surface area contributed by atoms with Gasteiger partial charge in [-0.1, -0.05) is 5.16 Å². The standard InChI is InChI=1S/C17H14F2N4O2/c1-8-6-9(2)20-15(14(8)16-21-10(3)25-23-16)22-17(24)11-4-5-12(18)13(19)7-11/h4-7H,1-3H3,(H,20,22,24). The van der Waals surface area contributed by atoms with Crippen LogP contribution in [0.2, 0.25) is 0 Å². The number of aromatic nitrogens is 3. The van der Waals surface area contributed by atoms with Crippen LogP contribution in [0.25, 0.3) is 11.4 Å². The molecule has 2 heterocycles. The summed E-state index contributed by atoms with van der Waals surface area (Å²) in [6.45, 7) is 5.24. The second-order valence-corrected chi connectivity index (χ2v) is 5.52. The molecule has 8 heteroatoms. The van der Waals surface area contributed by atoms with Gasteiger partial charge in [-0.05, 0) is 43.7 Å². The minimum atomic E-state index is -1.10. The van der Waals surface area contributed by atoms with E-state index in [1.54, 1.807) is 13.8 Å². The van der Waals surface area contributed by atoms with Crippen LogP contribution in [0.4, 0.5) is 14.6 Å². The fraction of sp³-hybridized carbons (Fsp3) is 0.176. The molecule has 128 valence electrons. The Morgan fingerprint density at radius 3 is 2.48 bits per heavy atom. The number of aryl methyl sites for hydroxylation is 3. The van der Waals surface area contributed by atoms with Gasteiger partial charge in [-0.25, -0.2) is 13.8 Å². The Hall–Kier alpha value is -3.16. The Morgan fingerprint density at radius 1 is 1.08 bits per heavy atom. The first kappa shape index (κ1) is 16.7. The summed E-state index contributed by atoms with van der Waals surface area (Å²) in [4.78, 5) is 20.8. The molecule has 3 aromatic rings. The van der Waals surface area contributed by atoms with Gasteiger partial charge in [-0.2, -0.15) is 4.98 Å². The highest BCUT2D eigenvalue weighted by Crippen LogP contribution is 2.29. The van der Waals surface area contributed by atoms with Crippen molar-refractivity contribution in [3.8, 4) is 11.4 Å². The normalized spacial score (nSPS) is 10.8. The number of nitrogens with zero attached hydrogens (tertiary/aromatic N) is 3. The molecule has 0 aliphatic heterocycles. The van der Waals surface area contributed by atoms with E-state index < -0.39 is 17.5 Å². The number of carbonyl (C=O) groups is 1. The maximum atomic E-state index is 13.4. The Labute approximate surface area is 141 Å². The number of pyridine rings is 1. The highest BCUT2D eigenvalue weighted by Gasteiger charge is 2.19. The van der Waals surface area contributed by atoms with E-state index in [0.29, 0.717) is 17.1 Å². The van der Waals surface area contributed by atoms with Crippen LogP contribution in [-0.2, 0) is 0 Å². The topological polar surface area (TPSA) is 80.9 Å². The summed E-state index contributed by atoms with van der Waals surface area (Å²) in [6.07, 6.45) is 0. The summed E-state index contributed by atoms with van der Waals surface area (Å²) in [5.41, 5.74) is 1.92. The molecule has 0 aliphatic carbocycles. The molecular formula is C17H14F2N4O2. The number of anilines is 1. The molecule has 0 saturated heterocycles. The molecule has 0 atom stereocenters. The minimum absolute atomic E-state index is 0.0323. The molecule has 1 N–H and O–H groups in total. The van der Waals surface area contributed by atoms with Crippen molar-refractivity contribution in [3.05, 3.63) is 58.6 Å². The molecule has 25 heavy (non-hydrogen) atoms. The zero-order valence-corrected chi connectivity index (χ0v) is 13.7. The number of hydrogen-bond acceptors (Lipinski definition) is 5. The second kappa shape index (κ2) is 6.39. The predicted molar refractivity (Wildman–Crippen MR) is 86.1 cm³/mol. The maximum Gasteiger partial charge on any atom is 0.256 e. The first-order valence-corrected chi connectivity index (χ1v) is 7.40. The van der Waals surface area contributed by atoms with E-state index in [1.165, 1.54) is 6.07 Å². The van der Waals surface area contributed by atoms with Gasteiger partial charge in [0.05, 0.1) is 5.56 Å². The lowest BCUT2D eigenvalue weighted by atomic mass is 10.1. The van der Waals surface area contributed by atoms with Crippen molar-refractivity contribution in [2.24, 2.45) is 0 Å². The lowest BCUT2D eigenvalue weighted by Gasteiger charge is -2.12. The maximum absolute atomic E-state index is 13.4. The summed E-state index contributed by atoms with van der Waals surface area (Å²) in [7, 11) is 0. The van der Waals surface area contributed by atoms with Crippen LogP contribution in [0.1, 0.15) is 27.5 Å². The number of benzene rings is 1. The summed E-state index contributed by atoms with van der Waals surface area (Å²) in [5, 5.41) is 6.46. The molecule has 6 nitrogen and oxygen atoms in total. The van der Waals surface area contributed by atoms with Gasteiger partial charge in [0.1, 0.15) is 5.82 Å². The number of rotatable bonds is 3. The van der Waals surface area contributed by atoms with E-state index in [1.807, 2.05) is 13.0 Å². The molecule has 0 unspecified atom stereocenters. The number of amides is 1. The van der Waals surface area contributed by atoms with Crippen LogP contribution in [0.15, 0.2) is 28.8 Å². The van der Waals surface area contributed by atoms with E-state index in [-0.39, 0.29) is 17.2 Å². The molecule has 0 bridgehead atoms. The van der Waals surface area contributed by atoms with E-state index in [0.717, 1.165) is 17.7 Å². The van der Waals surface area contributed by atoms with Crippen LogP contribution in [0.3, 0.4) is 0 Å². The summed E-state index contributed by atoms with van der Waals surface area (Å²) < 4.78 is 31.4. The van der Waals surface area contributed by atoms with Crippen LogP contribution < -0.4 is 5.32 Å². The van der Waals surface area contributed by atoms with Crippen molar-refractivity contribution in [3.63, 3.8) is 0 Å². The van der Waals surface area contributed by atoms with Gasteiger partial charge in [-0.3, -0.25) is 4.79 Å². The Kier molecular flexibility index (Phi) is 4.26. The molecule has 0 aliphatic rings. The molecule has 0 saturated carbocycles. The second-order valence-electron chi connectivity index (χ2n) is 5.52. The number of hydrogen-bond donors (Lipinski definition) is 1. The fourth-order valence-corrected chi connectivity index (χ4v) is 2.43. The molecule has 0 fully saturated rings. The van der Waals surface area contributed by atoms with Crippen molar-refractivity contribution in [2.75, 3.05) is 5.32 Å². The predicted octanol–water partition coefficient (Wildman–Crippen LogP) is 3.59. The summed E-state index contributed by atoms with van der Waals surface area (Å²) >= 11 is 0. The van der Waals surface area contributed by atoms with Gasteiger partial charge >= 0.3 is 0 Å². The van der Waals surface area contributed by atoms with Crippen LogP contribution in [0, 0.1) is 32.4 Å². The molecule has 1 aromatic carbocycles. The van der Waals surface area contributed by atoms with Crippen molar-refractivity contribution >= 4 is 11.7 Å². The molecule has 0 spiro atoms. The molecule has 2 aromatic heterocycles. The van der Waals surface area contributed by atoms with E-state index in [9.17, 15) is 13.6 Å².